The fourth-order valence-electron chi connectivity index (χ4n) is 1.36. The van der Waals surface area contributed by atoms with Crippen molar-refractivity contribution < 1.29 is 19.1 Å². The standard InChI is InChI=1S/C10H18O4.C5H12/c1-3-13-9(11)7-5-6-8-10(12)14-4-2;1-3-5-4-2/h3-8H2,1-2H3;3-5H2,1-2H3. The molecule has 0 aliphatic carbocycles. The molecule has 0 saturated heterocycles. The van der Waals surface area contributed by atoms with Gasteiger partial charge in [0.1, 0.15) is 0 Å². The molecule has 4 heteroatoms. The summed E-state index contributed by atoms with van der Waals surface area (Å²) in [6, 6.07) is 0. The first kappa shape index (κ1) is 20.3. The molecular weight excluding hydrogens is 244 g/mol. The van der Waals surface area contributed by atoms with Crippen LogP contribution in [-0.4, -0.2) is 25.2 Å². The molecule has 0 aromatic carbocycles. The molecule has 0 aromatic heterocycles. The normalized spacial score (nSPS) is 9.26. The summed E-state index contributed by atoms with van der Waals surface area (Å²) in [5.41, 5.74) is 0. The molecule has 0 fully saturated rings. The van der Waals surface area contributed by atoms with Gasteiger partial charge in [-0.3, -0.25) is 9.59 Å². The van der Waals surface area contributed by atoms with Gasteiger partial charge in [0.2, 0.25) is 0 Å². The van der Waals surface area contributed by atoms with Crippen molar-refractivity contribution in [3.8, 4) is 0 Å². The van der Waals surface area contributed by atoms with Crippen molar-refractivity contribution >= 4 is 11.9 Å². The molecule has 0 aromatic rings. The van der Waals surface area contributed by atoms with E-state index in [1.807, 2.05) is 0 Å². The lowest BCUT2D eigenvalue weighted by atomic mass is 10.2. The van der Waals surface area contributed by atoms with E-state index >= 15 is 0 Å². The van der Waals surface area contributed by atoms with E-state index in [0.717, 1.165) is 0 Å². The largest absolute Gasteiger partial charge is 0.466 e. The fraction of sp³-hybridized carbons (Fsp3) is 0.867. The predicted octanol–water partition coefficient (Wildman–Crippen LogP) is 3.87. The number of hydrogen-bond acceptors (Lipinski definition) is 4. The summed E-state index contributed by atoms with van der Waals surface area (Å²) in [5, 5.41) is 0. The Balaban J connectivity index is 0. The maximum atomic E-state index is 10.9. The first-order chi connectivity index (χ1) is 9.12. The zero-order valence-electron chi connectivity index (χ0n) is 13.0. The van der Waals surface area contributed by atoms with Crippen LogP contribution >= 0.6 is 0 Å². The van der Waals surface area contributed by atoms with E-state index in [9.17, 15) is 9.59 Å². The van der Waals surface area contributed by atoms with Crippen molar-refractivity contribution in [1.82, 2.24) is 0 Å². The lowest BCUT2D eigenvalue weighted by Crippen LogP contribution is -2.06. The Labute approximate surface area is 117 Å². The van der Waals surface area contributed by atoms with Crippen LogP contribution in [0, 0.1) is 0 Å². The van der Waals surface area contributed by atoms with Crippen LogP contribution in [0.3, 0.4) is 0 Å². The number of carbonyl (C=O) groups excluding carboxylic acids is 2. The predicted molar refractivity (Wildman–Crippen MR) is 76.9 cm³/mol. The Hall–Kier alpha value is -1.06. The van der Waals surface area contributed by atoms with Gasteiger partial charge in [-0.1, -0.05) is 33.1 Å². The Morgan fingerprint density at radius 1 is 0.684 bits per heavy atom. The van der Waals surface area contributed by atoms with Crippen molar-refractivity contribution in [2.75, 3.05) is 13.2 Å². The second kappa shape index (κ2) is 16.9. The molecular formula is C15H30O4. The van der Waals surface area contributed by atoms with Crippen LogP contribution in [0.2, 0.25) is 0 Å². The summed E-state index contributed by atoms with van der Waals surface area (Å²) >= 11 is 0. The van der Waals surface area contributed by atoms with E-state index in [-0.39, 0.29) is 11.9 Å². The zero-order chi connectivity index (χ0) is 14.9. The van der Waals surface area contributed by atoms with Crippen molar-refractivity contribution in [3.05, 3.63) is 0 Å². The van der Waals surface area contributed by atoms with Gasteiger partial charge in [0.15, 0.2) is 0 Å². The molecule has 0 saturated carbocycles. The van der Waals surface area contributed by atoms with E-state index < -0.39 is 0 Å². The second-order valence-electron chi connectivity index (χ2n) is 4.17. The second-order valence-corrected chi connectivity index (χ2v) is 4.17. The fourth-order valence-corrected chi connectivity index (χ4v) is 1.36. The van der Waals surface area contributed by atoms with Gasteiger partial charge in [0.05, 0.1) is 13.2 Å². The summed E-state index contributed by atoms with van der Waals surface area (Å²) in [5.74, 6) is -0.396. The third kappa shape index (κ3) is 19.5. The third-order valence-electron chi connectivity index (χ3n) is 2.33. The van der Waals surface area contributed by atoms with E-state index in [1.54, 1.807) is 13.8 Å². The quantitative estimate of drug-likeness (QED) is 0.473. The van der Waals surface area contributed by atoms with Gasteiger partial charge in [0.25, 0.3) is 0 Å². The number of rotatable bonds is 9. The van der Waals surface area contributed by atoms with Gasteiger partial charge in [-0.2, -0.15) is 0 Å². The lowest BCUT2D eigenvalue weighted by molar-refractivity contribution is -0.145. The highest BCUT2D eigenvalue weighted by Crippen LogP contribution is 2.02. The average molecular weight is 274 g/mol. The zero-order valence-corrected chi connectivity index (χ0v) is 13.0. The molecule has 4 nitrogen and oxygen atoms in total. The minimum Gasteiger partial charge on any atom is -0.466 e. The summed E-state index contributed by atoms with van der Waals surface area (Å²) in [4.78, 5) is 21.8. The van der Waals surface area contributed by atoms with Gasteiger partial charge in [-0.15, -0.1) is 0 Å². The maximum absolute atomic E-state index is 10.9. The number of esters is 2. The number of unbranched alkanes of at least 4 members (excludes halogenated alkanes) is 3. The number of ether oxygens (including phenoxy) is 2. The van der Waals surface area contributed by atoms with Gasteiger partial charge in [-0.25, -0.2) is 0 Å². The highest BCUT2D eigenvalue weighted by molar-refractivity contribution is 5.70. The van der Waals surface area contributed by atoms with Crippen molar-refractivity contribution in [1.29, 1.82) is 0 Å². The molecule has 0 atom stereocenters. The van der Waals surface area contributed by atoms with Gasteiger partial charge >= 0.3 is 11.9 Å². The van der Waals surface area contributed by atoms with Gasteiger partial charge in [-0.05, 0) is 26.7 Å². The molecule has 0 amide bonds. The molecule has 0 unspecified atom stereocenters. The molecule has 0 aliphatic rings. The van der Waals surface area contributed by atoms with Crippen molar-refractivity contribution in [3.63, 3.8) is 0 Å². The molecule has 19 heavy (non-hydrogen) atoms. The topological polar surface area (TPSA) is 52.6 Å². The Morgan fingerprint density at radius 2 is 1.05 bits per heavy atom. The Morgan fingerprint density at radius 3 is 1.26 bits per heavy atom. The minimum atomic E-state index is -0.198. The summed E-state index contributed by atoms with van der Waals surface area (Å²) in [6.07, 6.45) is 6.20. The number of hydrogen-bond donors (Lipinski definition) is 0. The maximum Gasteiger partial charge on any atom is 0.305 e. The highest BCUT2D eigenvalue weighted by Gasteiger charge is 2.04. The van der Waals surface area contributed by atoms with Crippen LogP contribution in [0.4, 0.5) is 0 Å². The van der Waals surface area contributed by atoms with Crippen LogP contribution in [0.1, 0.15) is 72.6 Å². The van der Waals surface area contributed by atoms with E-state index in [4.69, 9.17) is 9.47 Å². The summed E-state index contributed by atoms with van der Waals surface area (Å²) in [7, 11) is 0. The van der Waals surface area contributed by atoms with Crippen LogP contribution in [-0.2, 0) is 19.1 Å². The molecule has 0 radical (unpaired) electrons. The molecule has 0 rings (SSSR count). The number of carbonyl (C=O) groups is 2. The summed E-state index contributed by atoms with van der Waals surface area (Å²) in [6.45, 7) is 8.80. The third-order valence-corrected chi connectivity index (χ3v) is 2.33. The first-order valence-electron chi connectivity index (χ1n) is 7.43. The Bertz CT molecular complexity index is 192. The smallest absolute Gasteiger partial charge is 0.305 e. The molecule has 0 spiro atoms. The van der Waals surface area contributed by atoms with Crippen molar-refractivity contribution in [2.24, 2.45) is 0 Å². The highest BCUT2D eigenvalue weighted by atomic mass is 16.5. The van der Waals surface area contributed by atoms with E-state index in [1.165, 1.54) is 19.3 Å². The molecule has 0 N–H and O–H groups in total. The monoisotopic (exact) mass is 274 g/mol. The van der Waals surface area contributed by atoms with Crippen LogP contribution < -0.4 is 0 Å². The summed E-state index contributed by atoms with van der Waals surface area (Å²) < 4.78 is 9.48. The molecule has 114 valence electrons. The average Bonchev–Trinajstić information content (AvgIpc) is 2.37. The van der Waals surface area contributed by atoms with Crippen LogP contribution in [0.25, 0.3) is 0 Å². The molecule has 0 heterocycles. The SMILES string of the molecule is CCCCC.CCOC(=O)CCCCC(=O)OCC. The lowest BCUT2D eigenvalue weighted by Gasteiger charge is -2.02. The van der Waals surface area contributed by atoms with Crippen molar-refractivity contribution in [2.45, 2.75) is 72.6 Å². The van der Waals surface area contributed by atoms with Crippen LogP contribution in [0.5, 0.6) is 0 Å². The van der Waals surface area contributed by atoms with E-state index in [0.29, 0.717) is 38.9 Å². The molecule has 0 aliphatic heterocycles. The van der Waals surface area contributed by atoms with Gasteiger partial charge in [0, 0.05) is 12.8 Å². The minimum absolute atomic E-state index is 0.198. The van der Waals surface area contributed by atoms with Gasteiger partial charge < -0.3 is 9.47 Å². The van der Waals surface area contributed by atoms with Crippen LogP contribution in [0.15, 0.2) is 0 Å². The van der Waals surface area contributed by atoms with E-state index in [2.05, 4.69) is 13.8 Å². The molecule has 0 bridgehead atoms. The first-order valence-corrected chi connectivity index (χ1v) is 7.43. The Kier molecular flexibility index (Phi) is 18.1.